The smallest absolute Gasteiger partial charge is 0.316 e. The van der Waals surface area contributed by atoms with E-state index in [9.17, 15) is 26.7 Å². The van der Waals surface area contributed by atoms with Gasteiger partial charge in [0, 0.05) is 48.5 Å². The van der Waals surface area contributed by atoms with Gasteiger partial charge in [0.15, 0.2) is 0 Å². The quantitative estimate of drug-likeness (QED) is 0.305. The molecule has 0 atom stereocenters. The number of carboxylic acid groups (broad SMARTS) is 1. The zero-order valence-corrected chi connectivity index (χ0v) is 19.8. The molecule has 1 aromatic carbocycles. The number of carbonyl (C=O) groups is 2. The lowest BCUT2D eigenvalue weighted by molar-refractivity contribution is -0.122. The molecule has 3 aromatic rings. The average molecular weight is 538 g/mol. The van der Waals surface area contributed by atoms with Gasteiger partial charge < -0.3 is 15.2 Å². The number of ether oxygens (including phenoxy) is 1. The second kappa shape index (κ2) is 12.9. The van der Waals surface area contributed by atoms with Crippen molar-refractivity contribution in [3.63, 3.8) is 0 Å². The van der Waals surface area contributed by atoms with Crippen LogP contribution in [-0.2, 0) is 4.79 Å². The van der Waals surface area contributed by atoms with Crippen molar-refractivity contribution < 1.29 is 41.4 Å². The molecule has 1 amide bonds. The lowest BCUT2D eigenvalue weighted by Crippen LogP contribution is -2.25. The van der Waals surface area contributed by atoms with Gasteiger partial charge in [0.25, 0.3) is 12.4 Å². The van der Waals surface area contributed by atoms with Crippen LogP contribution in [0.25, 0.3) is 11.1 Å². The topological polar surface area (TPSA) is 114 Å². The van der Waals surface area contributed by atoms with E-state index in [2.05, 4.69) is 20.3 Å². The van der Waals surface area contributed by atoms with Crippen LogP contribution in [0.5, 0.6) is 6.01 Å². The fourth-order valence-electron chi connectivity index (χ4n) is 3.98. The van der Waals surface area contributed by atoms with Crippen LogP contribution in [0.15, 0.2) is 42.9 Å². The van der Waals surface area contributed by atoms with Gasteiger partial charge in [-0.2, -0.15) is 0 Å². The number of amides is 1. The molecular weight excluding hydrogens is 515 g/mol. The van der Waals surface area contributed by atoms with Crippen molar-refractivity contribution in [2.24, 2.45) is 0 Å². The van der Waals surface area contributed by atoms with Crippen LogP contribution in [0.3, 0.4) is 0 Å². The van der Waals surface area contributed by atoms with Gasteiger partial charge in [0.1, 0.15) is 24.9 Å². The Hall–Kier alpha value is -4.16. The van der Waals surface area contributed by atoms with Crippen molar-refractivity contribution in [3.05, 3.63) is 65.7 Å². The molecule has 1 fully saturated rings. The van der Waals surface area contributed by atoms with Crippen molar-refractivity contribution in [1.29, 1.82) is 0 Å². The highest BCUT2D eigenvalue weighted by molar-refractivity contribution is 6.06. The van der Waals surface area contributed by atoms with Crippen molar-refractivity contribution >= 4 is 18.1 Å². The molecule has 0 aliphatic heterocycles. The van der Waals surface area contributed by atoms with E-state index in [0.717, 1.165) is 30.6 Å². The number of anilines is 1. The lowest BCUT2D eigenvalue weighted by atomic mass is 9.83. The van der Waals surface area contributed by atoms with Crippen LogP contribution in [0, 0.1) is 11.6 Å². The number of nitrogens with one attached hydrogen (secondary N) is 1. The molecule has 1 aliphatic carbocycles. The molecule has 202 valence electrons. The third-order valence-corrected chi connectivity index (χ3v) is 5.74. The van der Waals surface area contributed by atoms with Crippen LogP contribution in [0.2, 0.25) is 0 Å². The molecule has 2 aromatic heterocycles. The second-order valence-corrected chi connectivity index (χ2v) is 8.22. The molecule has 0 saturated heterocycles. The Labute approximate surface area is 213 Å². The van der Waals surface area contributed by atoms with Crippen LogP contribution in [-0.4, -0.2) is 51.6 Å². The summed E-state index contributed by atoms with van der Waals surface area (Å²) in [6.07, 6.45) is 3.23. The minimum atomic E-state index is -2.78. The molecule has 4 rings (SSSR count). The Morgan fingerprint density at radius 2 is 1.76 bits per heavy atom. The molecule has 13 heteroatoms. The summed E-state index contributed by atoms with van der Waals surface area (Å²) in [6, 6.07) is 4.21. The van der Waals surface area contributed by atoms with Crippen LogP contribution < -0.4 is 10.1 Å². The van der Waals surface area contributed by atoms with Crippen LogP contribution in [0.1, 0.15) is 47.7 Å². The Kier molecular flexibility index (Phi) is 9.63. The molecule has 0 bridgehead atoms. The normalized spacial score (nSPS) is 14.7. The molecule has 0 spiro atoms. The molecule has 2 N–H and O–H groups in total. The minimum absolute atomic E-state index is 0.00763. The van der Waals surface area contributed by atoms with Gasteiger partial charge in [-0.1, -0.05) is 0 Å². The van der Waals surface area contributed by atoms with E-state index in [1.54, 1.807) is 0 Å². The Morgan fingerprint density at radius 3 is 2.39 bits per heavy atom. The number of carbonyl (C=O) groups excluding carboxylic acids is 1. The first-order chi connectivity index (χ1) is 18.2. The number of rotatable bonds is 7. The Balaban J connectivity index is 0.00000127. The molecule has 1 aliphatic rings. The monoisotopic (exact) mass is 538 g/mol. The zero-order chi connectivity index (χ0) is 27.7. The summed E-state index contributed by atoms with van der Waals surface area (Å²) >= 11 is 0. The highest BCUT2D eigenvalue weighted by atomic mass is 19.3. The number of alkyl halides is 3. The highest BCUT2D eigenvalue weighted by Crippen LogP contribution is 2.44. The molecule has 1 saturated carbocycles. The maximum absolute atomic E-state index is 14.7. The van der Waals surface area contributed by atoms with Gasteiger partial charge in [0.2, 0.25) is 5.92 Å². The van der Waals surface area contributed by atoms with E-state index < -0.39 is 36.1 Å². The number of halogens is 5. The summed E-state index contributed by atoms with van der Waals surface area (Å²) in [5, 5.41) is 9.55. The standard InChI is InChI=1S/C24H21F5N4O2.CH2O2/c25-8-10-35-23-31-12-15(13-32-23)22(34)33-21-17(18-11-16(26)1-2-19(18)27)5-9-30-20(21)14-3-6-24(28,29)7-4-14;2-1-3/h1-2,5,9,11-14H,3-4,6-8,10H2,(H,33,34);1H,(H,2,3). The van der Waals surface area contributed by atoms with E-state index in [1.807, 2.05) is 0 Å². The van der Waals surface area contributed by atoms with Gasteiger partial charge >= 0.3 is 6.01 Å². The first-order valence-corrected chi connectivity index (χ1v) is 11.4. The predicted octanol–water partition coefficient (Wildman–Crippen LogP) is 5.41. The maximum atomic E-state index is 14.7. The van der Waals surface area contributed by atoms with E-state index in [-0.39, 0.29) is 67.2 Å². The predicted molar refractivity (Wildman–Crippen MR) is 126 cm³/mol. The average Bonchev–Trinajstić information content (AvgIpc) is 2.90. The lowest BCUT2D eigenvalue weighted by Gasteiger charge is -2.29. The summed E-state index contributed by atoms with van der Waals surface area (Å²) in [7, 11) is 0. The van der Waals surface area contributed by atoms with Gasteiger partial charge in [-0.3, -0.25) is 14.6 Å². The van der Waals surface area contributed by atoms with Gasteiger partial charge in [0.05, 0.1) is 16.9 Å². The number of benzene rings is 1. The number of hydrogen-bond acceptors (Lipinski definition) is 6. The summed E-state index contributed by atoms with van der Waals surface area (Å²) < 4.78 is 73.3. The third-order valence-electron chi connectivity index (χ3n) is 5.74. The van der Waals surface area contributed by atoms with Crippen molar-refractivity contribution in [1.82, 2.24) is 15.0 Å². The van der Waals surface area contributed by atoms with Gasteiger partial charge in [-0.05, 0) is 37.1 Å². The van der Waals surface area contributed by atoms with E-state index in [1.165, 1.54) is 12.3 Å². The number of hydrogen-bond donors (Lipinski definition) is 2. The van der Waals surface area contributed by atoms with Crippen molar-refractivity contribution in [3.8, 4) is 17.1 Å². The van der Waals surface area contributed by atoms with Crippen LogP contribution >= 0.6 is 0 Å². The molecular formula is C25H23F5N4O4. The molecule has 38 heavy (non-hydrogen) atoms. The summed E-state index contributed by atoms with van der Waals surface area (Å²) in [4.78, 5) is 33.4. The van der Waals surface area contributed by atoms with Crippen molar-refractivity contribution in [2.75, 3.05) is 18.6 Å². The van der Waals surface area contributed by atoms with Gasteiger partial charge in [-0.15, -0.1) is 0 Å². The molecule has 8 nitrogen and oxygen atoms in total. The van der Waals surface area contributed by atoms with Crippen molar-refractivity contribution in [2.45, 2.75) is 37.5 Å². The Bertz CT molecular complexity index is 1250. The molecule has 2 heterocycles. The number of aromatic nitrogens is 3. The first-order valence-electron chi connectivity index (χ1n) is 11.4. The molecule has 0 radical (unpaired) electrons. The third kappa shape index (κ3) is 7.20. The molecule has 0 unspecified atom stereocenters. The first kappa shape index (κ1) is 28.4. The summed E-state index contributed by atoms with van der Waals surface area (Å²) in [5.41, 5.74) is 0.444. The maximum Gasteiger partial charge on any atom is 0.316 e. The second-order valence-electron chi connectivity index (χ2n) is 8.22. The van der Waals surface area contributed by atoms with E-state index in [4.69, 9.17) is 14.6 Å². The number of pyridine rings is 1. The SMILES string of the molecule is O=C(Nc1c(-c2cc(F)ccc2F)ccnc1C1CCC(F)(F)CC1)c1cnc(OCCF)nc1.O=CO. The highest BCUT2D eigenvalue weighted by Gasteiger charge is 2.37. The fourth-order valence-corrected chi connectivity index (χ4v) is 3.98. The number of nitrogens with zero attached hydrogens (tertiary/aromatic N) is 3. The zero-order valence-electron chi connectivity index (χ0n) is 19.8. The summed E-state index contributed by atoms with van der Waals surface area (Å²) in [6.45, 7) is -1.23. The fraction of sp³-hybridized carbons (Fsp3) is 0.320. The van der Waals surface area contributed by atoms with Crippen LogP contribution in [0.4, 0.5) is 27.6 Å². The summed E-state index contributed by atoms with van der Waals surface area (Å²) in [5.74, 6) is -5.31. The largest absolute Gasteiger partial charge is 0.483 e. The van der Waals surface area contributed by atoms with E-state index >= 15 is 0 Å². The van der Waals surface area contributed by atoms with Gasteiger partial charge in [-0.25, -0.2) is 31.9 Å². The van der Waals surface area contributed by atoms with E-state index in [0.29, 0.717) is 5.69 Å². The minimum Gasteiger partial charge on any atom is -0.483 e. The Morgan fingerprint density at radius 1 is 1.11 bits per heavy atom.